The normalized spacial score (nSPS) is 27.8. The van der Waals surface area contributed by atoms with Crippen LogP contribution in [0, 0.1) is 5.92 Å². The van der Waals surface area contributed by atoms with Gasteiger partial charge in [0, 0.05) is 0 Å². The van der Waals surface area contributed by atoms with Crippen molar-refractivity contribution in [3.63, 3.8) is 0 Å². The Balaban J connectivity index is 1.95. The second-order valence-corrected chi connectivity index (χ2v) is 5.25. The molecule has 1 fully saturated rings. The SMILES string of the molecule is CCCCOc1ccc(C2(C)CC2C)cc1. The lowest BCUT2D eigenvalue weighted by Gasteiger charge is -2.11. The zero-order chi connectivity index (χ0) is 11.6. The van der Waals surface area contributed by atoms with Crippen molar-refractivity contribution in [1.82, 2.24) is 0 Å². The van der Waals surface area contributed by atoms with Crippen molar-refractivity contribution in [2.45, 2.75) is 45.4 Å². The van der Waals surface area contributed by atoms with Crippen LogP contribution in [-0.2, 0) is 5.41 Å². The summed E-state index contributed by atoms with van der Waals surface area (Å²) in [5.74, 6) is 1.84. The minimum atomic E-state index is 0.432. The van der Waals surface area contributed by atoms with E-state index in [1.54, 1.807) is 0 Å². The van der Waals surface area contributed by atoms with Crippen molar-refractivity contribution in [3.05, 3.63) is 29.8 Å². The quantitative estimate of drug-likeness (QED) is 0.674. The van der Waals surface area contributed by atoms with Gasteiger partial charge in [0.15, 0.2) is 0 Å². The van der Waals surface area contributed by atoms with Gasteiger partial charge >= 0.3 is 0 Å². The molecule has 1 aromatic carbocycles. The first-order chi connectivity index (χ1) is 7.66. The fourth-order valence-corrected chi connectivity index (χ4v) is 2.25. The number of unbranched alkanes of at least 4 members (excludes halogenated alkanes) is 1. The number of hydrogen-bond acceptors (Lipinski definition) is 1. The van der Waals surface area contributed by atoms with E-state index >= 15 is 0 Å². The lowest BCUT2D eigenvalue weighted by molar-refractivity contribution is 0.309. The van der Waals surface area contributed by atoms with Crippen LogP contribution in [0.4, 0.5) is 0 Å². The second kappa shape index (κ2) is 4.48. The van der Waals surface area contributed by atoms with Crippen LogP contribution < -0.4 is 4.74 Å². The van der Waals surface area contributed by atoms with Crippen LogP contribution in [0.25, 0.3) is 0 Å². The summed E-state index contributed by atoms with van der Waals surface area (Å²) in [6.45, 7) is 7.70. The Morgan fingerprint density at radius 3 is 2.44 bits per heavy atom. The maximum atomic E-state index is 5.66. The second-order valence-electron chi connectivity index (χ2n) is 5.25. The van der Waals surface area contributed by atoms with Crippen LogP contribution in [0.1, 0.15) is 45.6 Å². The maximum absolute atomic E-state index is 5.66. The maximum Gasteiger partial charge on any atom is 0.119 e. The monoisotopic (exact) mass is 218 g/mol. The smallest absolute Gasteiger partial charge is 0.119 e. The Morgan fingerprint density at radius 2 is 1.94 bits per heavy atom. The van der Waals surface area contributed by atoms with Crippen LogP contribution in [0.15, 0.2) is 24.3 Å². The van der Waals surface area contributed by atoms with Crippen molar-refractivity contribution in [3.8, 4) is 5.75 Å². The Kier molecular flexibility index (Phi) is 3.22. The van der Waals surface area contributed by atoms with Gasteiger partial charge in [-0.25, -0.2) is 0 Å². The molecule has 1 saturated carbocycles. The fraction of sp³-hybridized carbons (Fsp3) is 0.600. The molecule has 0 aromatic heterocycles. The average molecular weight is 218 g/mol. The molecule has 0 bridgehead atoms. The Hall–Kier alpha value is -0.980. The number of ether oxygens (including phenoxy) is 1. The van der Waals surface area contributed by atoms with Gasteiger partial charge in [-0.05, 0) is 41.9 Å². The van der Waals surface area contributed by atoms with E-state index in [2.05, 4.69) is 45.0 Å². The van der Waals surface area contributed by atoms with Gasteiger partial charge in [0.2, 0.25) is 0 Å². The molecule has 0 saturated heterocycles. The number of hydrogen-bond donors (Lipinski definition) is 0. The van der Waals surface area contributed by atoms with Crippen molar-refractivity contribution in [2.24, 2.45) is 5.92 Å². The highest BCUT2D eigenvalue weighted by Gasteiger charge is 2.47. The van der Waals surface area contributed by atoms with E-state index in [9.17, 15) is 0 Å². The topological polar surface area (TPSA) is 9.23 Å². The molecule has 0 aliphatic heterocycles. The van der Waals surface area contributed by atoms with Crippen LogP contribution in [0.3, 0.4) is 0 Å². The fourth-order valence-electron chi connectivity index (χ4n) is 2.25. The minimum absolute atomic E-state index is 0.432. The van der Waals surface area contributed by atoms with E-state index in [1.165, 1.54) is 18.4 Å². The first-order valence-electron chi connectivity index (χ1n) is 6.40. The molecule has 0 spiro atoms. The summed E-state index contributed by atoms with van der Waals surface area (Å²) in [6, 6.07) is 8.68. The lowest BCUT2D eigenvalue weighted by Crippen LogP contribution is -2.03. The molecule has 0 radical (unpaired) electrons. The van der Waals surface area contributed by atoms with Crippen LogP contribution in [0.2, 0.25) is 0 Å². The largest absolute Gasteiger partial charge is 0.494 e. The van der Waals surface area contributed by atoms with Gasteiger partial charge in [-0.3, -0.25) is 0 Å². The molecule has 16 heavy (non-hydrogen) atoms. The van der Waals surface area contributed by atoms with Crippen molar-refractivity contribution in [1.29, 1.82) is 0 Å². The van der Waals surface area contributed by atoms with E-state index in [4.69, 9.17) is 4.74 Å². The van der Waals surface area contributed by atoms with E-state index in [0.29, 0.717) is 5.41 Å². The van der Waals surface area contributed by atoms with E-state index in [-0.39, 0.29) is 0 Å². The van der Waals surface area contributed by atoms with Gasteiger partial charge in [-0.15, -0.1) is 0 Å². The summed E-state index contributed by atoms with van der Waals surface area (Å²) in [6.07, 6.45) is 3.65. The summed E-state index contributed by atoms with van der Waals surface area (Å²) in [4.78, 5) is 0. The third kappa shape index (κ3) is 2.23. The highest BCUT2D eigenvalue weighted by molar-refractivity contribution is 5.36. The average Bonchev–Trinajstić information content (AvgIpc) is 2.90. The van der Waals surface area contributed by atoms with Gasteiger partial charge in [-0.2, -0.15) is 0 Å². The molecule has 1 aliphatic rings. The molecular formula is C15H22O. The minimum Gasteiger partial charge on any atom is -0.494 e. The molecule has 1 aromatic rings. The van der Waals surface area contributed by atoms with Crippen LogP contribution in [-0.4, -0.2) is 6.61 Å². The summed E-state index contributed by atoms with van der Waals surface area (Å²) < 4.78 is 5.66. The third-order valence-electron chi connectivity index (χ3n) is 3.94. The molecule has 0 N–H and O–H groups in total. The Morgan fingerprint density at radius 1 is 1.31 bits per heavy atom. The molecule has 88 valence electrons. The Labute approximate surface area is 98.8 Å². The van der Waals surface area contributed by atoms with Crippen molar-refractivity contribution in [2.75, 3.05) is 6.61 Å². The molecule has 0 heterocycles. The van der Waals surface area contributed by atoms with Gasteiger partial charge in [0.05, 0.1) is 6.61 Å². The molecule has 2 atom stereocenters. The first-order valence-corrected chi connectivity index (χ1v) is 6.40. The Bertz CT molecular complexity index is 341. The molecule has 1 aliphatic carbocycles. The zero-order valence-electron chi connectivity index (χ0n) is 10.6. The molecule has 1 nitrogen and oxygen atoms in total. The van der Waals surface area contributed by atoms with Crippen molar-refractivity contribution >= 4 is 0 Å². The summed E-state index contributed by atoms with van der Waals surface area (Å²) in [5.41, 5.74) is 1.89. The van der Waals surface area contributed by atoms with Gasteiger partial charge in [0.1, 0.15) is 5.75 Å². The van der Waals surface area contributed by atoms with Gasteiger partial charge in [0.25, 0.3) is 0 Å². The summed E-state index contributed by atoms with van der Waals surface area (Å²) in [5, 5.41) is 0. The summed E-state index contributed by atoms with van der Waals surface area (Å²) >= 11 is 0. The van der Waals surface area contributed by atoms with E-state index < -0.39 is 0 Å². The molecule has 2 unspecified atom stereocenters. The lowest BCUT2D eigenvalue weighted by atomic mass is 9.96. The van der Waals surface area contributed by atoms with Gasteiger partial charge < -0.3 is 4.74 Å². The van der Waals surface area contributed by atoms with E-state index in [0.717, 1.165) is 24.7 Å². The molecular weight excluding hydrogens is 196 g/mol. The highest BCUT2D eigenvalue weighted by Crippen LogP contribution is 2.53. The highest BCUT2D eigenvalue weighted by atomic mass is 16.5. The van der Waals surface area contributed by atoms with Gasteiger partial charge in [-0.1, -0.05) is 39.3 Å². The van der Waals surface area contributed by atoms with Crippen molar-refractivity contribution < 1.29 is 4.74 Å². The third-order valence-corrected chi connectivity index (χ3v) is 3.94. The van der Waals surface area contributed by atoms with E-state index in [1.807, 2.05) is 0 Å². The number of rotatable bonds is 5. The zero-order valence-corrected chi connectivity index (χ0v) is 10.6. The molecule has 1 heteroatoms. The predicted molar refractivity (Wildman–Crippen MR) is 68.0 cm³/mol. The standard InChI is InChI=1S/C15H22O/c1-4-5-10-16-14-8-6-13(7-9-14)15(3)11-12(15)2/h6-9,12H,4-5,10-11H2,1-3H3. The molecule has 2 rings (SSSR count). The molecule has 0 amide bonds. The van der Waals surface area contributed by atoms with Crippen LogP contribution in [0.5, 0.6) is 5.75 Å². The predicted octanol–water partition coefficient (Wildman–Crippen LogP) is 4.16. The van der Waals surface area contributed by atoms with Crippen LogP contribution >= 0.6 is 0 Å². The first kappa shape index (κ1) is 11.5. The number of benzene rings is 1. The summed E-state index contributed by atoms with van der Waals surface area (Å²) in [7, 11) is 0.